The van der Waals surface area contributed by atoms with Crippen molar-refractivity contribution in [1.82, 2.24) is 4.48 Å². The summed E-state index contributed by atoms with van der Waals surface area (Å²) in [6.45, 7) is 13.8. The quantitative estimate of drug-likeness (QED) is 0.131. The number of para-hydroxylation sites is 3. The highest BCUT2D eigenvalue weighted by molar-refractivity contribution is 6.90. The molecule has 0 fully saturated rings. The van der Waals surface area contributed by atoms with E-state index in [2.05, 4.69) is 251 Å². The molecule has 3 aromatic heterocycles. The molecule has 0 N–H and O–H groups in total. The van der Waals surface area contributed by atoms with E-state index in [1.165, 1.54) is 76.8 Å². The second-order valence-corrected chi connectivity index (χ2v) is 23.2. The van der Waals surface area contributed by atoms with Crippen LogP contribution in [-0.2, 0) is 10.8 Å². The first-order valence-electron chi connectivity index (χ1n) is 26.4. The van der Waals surface area contributed by atoms with Gasteiger partial charge in [0.1, 0.15) is 22.3 Å². The van der Waals surface area contributed by atoms with Crippen LogP contribution in [0.2, 0.25) is 0 Å². The number of rotatable bonds is 3. The third-order valence-corrected chi connectivity index (χ3v) is 16.8. The Bertz CT molecular complexity index is 4760. The number of fused-ring (bicyclic) bond motifs is 17. The van der Waals surface area contributed by atoms with Crippen molar-refractivity contribution < 1.29 is 8.83 Å². The van der Waals surface area contributed by atoms with Crippen LogP contribution in [0.25, 0.3) is 121 Å². The van der Waals surface area contributed by atoms with Gasteiger partial charge in [-0.25, -0.2) is 0 Å². The maximum Gasteiger partial charge on any atom is 0.333 e. The molecule has 2 aliphatic heterocycles. The third kappa shape index (κ3) is 5.84. The van der Waals surface area contributed by atoms with Crippen molar-refractivity contribution in [3.8, 4) is 33.4 Å². The van der Waals surface area contributed by atoms with Gasteiger partial charge >= 0.3 is 6.85 Å². The number of anilines is 3. The molecule has 0 radical (unpaired) electrons. The summed E-state index contributed by atoms with van der Waals surface area (Å²) in [6.07, 6.45) is 0. The minimum Gasteiger partial charge on any atom is -0.455 e. The number of furan rings is 2. The van der Waals surface area contributed by atoms with Gasteiger partial charge in [0.05, 0.1) is 5.39 Å². The average molecular weight is 963 g/mol. The lowest BCUT2D eigenvalue weighted by Gasteiger charge is -2.41. The molecule has 2 aliphatic rings. The van der Waals surface area contributed by atoms with Crippen LogP contribution in [0.4, 0.5) is 17.1 Å². The summed E-state index contributed by atoms with van der Waals surface area (Å²) in [5.74, 6) is 0. The zero-order valence-electron chi connectivity index (χ0n) is 42.8. The largest absolute Gasteiger partial charge is 0.455 e. The molecule has 0 spiro atoms. The number of hydrogen-bond acceptors (Lipinski definition) is 3. The van der Waals surface area contributed by atoms with Crippen molar-refractivity contribution >= 4 is 122 Å². The third-order valence-electron chi connectivity index (χ3n) is 16.8. The highest BCUT2D eigenvalue weighted by atomic mass is 16.3. The lowest BCUT2D eigenvalue weighted by molar-refractivity contribution is 0.569. The van der Waals surface area contributed by atoms with Crippen molar-refractivity contribution in [3.63, 3.8) is 0 Å². The van der Waals surface area contributed by atoms with Gasteiger partial charge in [-0.2, -0.15) is 0 Å². The van der Waals surface area contributed by atoms with E-state index in [9.17, 15) is 0 Å². The van der Waals surface area contributed by atoms with Crippen LogP contribution in [0.1, 0.15) is 52.7 Å². The van der Waals surface area contributed by atoms with Crippen LogP contribution in [0.5, 0.6) is 0 Å². The van der Waals surface area contributed by atoms with Gasteiger partial charge < -0.3 is 18.2 Å². The van der Waals surface area contributed by atoms with Crippen LogP contribution < -0.4 is 15.8 Å². The van der Waals surface area contributed by atoms with Gasteiger partial charge in [-0.15, -0.1) is 0 Å². The molecule has 0 bridgehead atoms. The fraction of sp³-hybridized carbons (Fsp3) is 0.114. The van der Waals surface area contributed by atoms with E-state index in [0.717, 1.165) is 83.0 Å². The van der Waals surface area contributed by atoms with E-state index >= 15 is 0 Å². The second kappa shape index (κ2) is 14.9. The van der Waals surface area contributed by atoms with Gasteiger partial charge in [-0.05, 0) is 125 Å². The van der Waals surface area contributed by atoms with Crippen LogP contribution in [-0.4, -0.2) is 11.3 Å². The Morgan fingerprint density at radius 3 is 1.49 bits per heavy atom. The standard InChI is InChI=1S/C70H51BN2O2/c1-69(2,3)42-33-43(70(4,5)6)35-44(34-42)72-57-38-51-50(61(40-21-9-7-10-22-40)47-27-13-14-28-48(47)62(51)41-23-11-8-12-24-41)37-55(57)71-65-58(72)39-53-46-26-17-20-32-60(46)74-67(53)63(65)54-36-52-45-25-16-19-31-59(45)75-68(52)64-49-29-15-18-30-56(49)73(71)66(54)64/h7-39H,1-6H3. The Kier molecular flexibility index (Phi) is 8.49. The van der Waals surface area contributed by atoms with Crippen LogP contribution >= 0.6 is 0 Å². The van der Waals surface area contributed by atoms with Crippen molar-refractivity contribution in [2.75, 3.05) is 4.90 Å². The topological polar surface area (TPSA) is 34.5 Å². The molecule has 4 nitrogen and oxygen atoms in total. The molecule has 0 saturated carbocycles. The predicted octanol–water partition coefficient (Wildman–Crippen LogP) is 18.2. The SMILES string of the molecule is CC(C)(C)c1cc(N2c3cc4c(-c5ccccc5)c5ccccc5c(-c5ccccc5)c4cc3B3c4c2cc2c(oc5ccccc52)c4-c2cc4c5ccccc5oc4c4c5ccccc5n3c24)cc(C(C)(C)C)c1. The predicted molar refractivity (Wildman–Crippen MR) is 318 cm³/mol. The van der Waals surface area contributed by atoms with Gasteiger partial charge in [-0.3, -0.25) is 0 Å². The Balaban J connectivity index is 1.17. The van der Waals surface area contributed by atoms with E-state index in [4.69, 9.17) is 8.83 Å². The fourth-order valence-corrected chi connectivity index (χ4v) is 13.3. The molecule has 16 rings (SSSR count). The van der Waals surface area contributed by atoms with Crippen LogP contribution in [0.3, 0.4) is 0 Å². The molecular formula is C70H51BN2O2. The van der Waals surface area contributed by atoms with Gasteiger partial charge in [0.2, 0.25) is 0 Å². The molecule has 0 amide bonds. The van der Waals surface area contributed by atoms with Crippen molar-refractivity contribution in [2.45, 2.75) is 52.4 Å². The Labute approximate surface area is 435 Å². The van der Waals surface area contributed by atoms with Crippen molar-refractivity contribution in [3.05, 3.63) is 211 Å². The maximum atomic E-state index is 7.29. The molecule has 0 unspecified atom stereocenters. The van der Waals surface area contributed by atoms with Gasteiger partial charge in [0.15, 0.2) is 0 Å². The summed E-state index contributed by atoms with van der Waals surface area (Å²) in [6, 6.07) is 74.7. The van der Waals surface area contributed by atoms with Crippen molar-refractivity contribution in [1.29, 1.82) is 0 Å². The minimum atomic E-state index is -0.261. The Hall–Kier alpha value is -8.80. The second-order valence-electron chi connectivity index (χ2n) is 23.2. The van der Waals surface area contributed by atoms with Gasteiger partial charge in [0, 0.05) is 66.2 Å². The number of aromatic nitrogens is 1. The summed E-state index contributed by atoms with van der Waals surface area (Å²) < 4.78 is 17.0. The number of benzene rings is 11. The molecule has 0 atom stereocenters. The average Bonchev–Trinajstić information content (AvgIpc) is 4.24. The van der Waals surface area contributed by atoms with E-state index in [1.54, 1.807) is 0 Å². The summed E-state index contributed by atoms with van der Waals surface area (Å²) in [7, 11) is 0. The molecule has 11 aromatic carbocycles. The van der Waals surface area contributed by atoms with E-state index in [1.807, 2.05) is 0 Å². The maximum absolute atomic E-state index is 7.29. The monoisotopic (exact) mass is 962 g/mol. The summed E-state index contributed by atoms with van der Waals surface area (Å²) in [4.78, 5) is 2.64. The molecule has 5 heteroatoms. The molecule has 0 aliphatic carbocycles. The van der Waals surface area contributed by atoms with Gasteiger partial charge in [-0.1, -0.05) is 193 Å². The Morgan fingerprint density at radius 1 is 0.400 bits per heavy atom. The molecule has 0 saturated heterocycles. The van der Waals surface area contributed by atoms with Crippen LogP contribution in [0.15, 0.2) is 209 Å². The fourth-order valence-electron chi connectivity index (χ4n) is 13.3. The minimum absolute atomic E-state index is 0.123. The van der Waals surface area contributed by atoms with Crippen molar-refractivity contribution in [2.24, 2.45) is 0 Å². The lowest BCUT2D eigenvalue weighted by Crippen LogP contribution is -2.56. The van der Waals surface area contributed by atoms with Crippen LogP contribution in [0, 0.1) is 0 Å². The summed E-state index contributed by atoms with van der Waals surface area (Å²) >= 11 is 0. The molecule has 356 valence electrons. The normalized spacial score (nSPS) is 13.4. The first-order chi connectivity index (χ1) is 36.5. The zero-order chi connectivity index (χ0) is 50.2. The van der Waals surface area contributed by atoms with E-state index < -0.39 is 0 Å². The first kappa shape index (κ1) is 42.7. The smallest absolute Gasteiger partial charge is 0.333 e. The number of hydrogen-bond donors (Lipinski definition) is 0. The highest BCUT2D eigenvalue weighted by Gasteiger charge is 2.46. The Morgan fingerprint density at radius 2 is 0.893 bits per heavy atom. The lowest BCUT2D eigenvalue weighted by atomic mass is 9.44. The number of nitrogens with zero attached hydrogens (tertiary/aromatic N) is 2. The van der Waals surface area contributed by atoms with E-state index in [-0.39, 0.29) is 17.7 Å². The molecule has 14 aromatic rings. The first-order valence-corrected chi connectivity index (χ1v) is 26.4. The van der Waals surface area contributed by atoms with Gasteiger partial charge in [0.25, 0.3) is 0 Å². The summed E-state index contributed by atoms with van der Waals surface area (Å²) in [5, 5.41) is 11.6. The summed E-state index contributed by atoms with van der Waals surface area (Å²) in [5.41, 5.74) is 21.4. The zero-order valence-corrected chi connectivity index (χ0v) is 42.8. The van der Waals surface area contributed by atoms with E-state index in [0.29, 0.717) is 0 Å². The highest BCUT2D eigenvalue weighted by Crippen LogP contribution is 2.54. The molecule has 5 heterocycles. The molecular weight excluding hydrogens is 912 g/mol. The molecule has 75 heavy (non-hydrogen) atoms.